The van der Waals surface area contributed by atoms with Crippen molar-refractivity contribution < 1.29 is 18.7 Å². The summed E-state index contributed by atoms with van der Waals surface area (Å²) in [4.78, 5) is 10.8. The molecule has 6 heteroatoms. The molecule has 0 bridgehead atoms. The predicted molar refractivity (Wildman–Crippen MR) is 67.1 cm³/mol. The van der Waals surface area contributed by atoms with Crippen molar-refractivity contribution in [3.8, 4) is 0 Å². The molecule has 1 aromatic carbocycles. The smallest absolute Gasteiger partial charge is 0.338 e. The molecule has 1 heterocycles. The van der Waals surface area contributed by atoms with E-state index in [0.717, 1.165) is 10.5 Å². The van der Waals surface area contributed by atoms with Crippen molar-refractivity contribution in [3.63, 3.8) is 0 Å². The fourth-order valence-corrected chi connectivity index (χ4v) is 1.77. The molecule has 0 unspecified atom stereocenters. The van der Waals surface area contributed by atoms with Crippen LogP contribution in [0.2, 0.25) is 0 Å². The highest BCUT2D eigenvalue weighted by atomic mass is 79.9. The zero-order valence-corrected chi connectivity index (χ0v) is 10.7. The van der Waals surface area contributed by atoms with E-state index in [0.29, 0.717) is 18.0 Å². The van der Waals surface area contributed by atoms with Crippen LogP contribution in [0.4, 0.5) is 10.1 Å². The molecule has 18 heavy (non-hydrogen) atoms. The Morgan fingerprint density at radius 1 is 1.44 bits per heavy atom. The second-order valence-electron chi connectivity index (χ2n) is 3.55. The van der Waals surface area contributed by atoms with Crippen LogP contribution in [0, 0.1) is 5.82 Å². The molecule has 0 fully saturated rings. The molecule has 4 nitrogen and oxygen atoms in total. The van der Waals surface area contributed by atoms with Gasteiger partial charge in [0.25, 0.3) is 0 Å². The molecule has 1 aromatic heterocycles. The number of furan rings is 1. The number of hydrogen-bond donors (Lipinski definition) is 2. The maximum absolute atomic E-state index is 13.2. The number of hydrogen-bond acceptors (Lipinski definition) is 3. The largest absolute Gasteiger partial charge is 0.478 e. The predicted octanol–water partition coefficient (Wildman–Crippen LogP) is 3.49. The van der Waals surface area contributed by atoms with Crippen molar-refractivity contribution in [2.45, 2.75) is 6.54 Å². The second kappa shape index (κ2) is 5.22. The van der Waals surface area contributed by atoms with Gasteiger partial charge in [0.15, 0.2) is 0 Å². The minimum absolute atomic E-state index is 0.362. The van der Waals surface area contributed by atoms with Gasteiger partial charge in [-0.05, 0) is 40.2 Å². The lowest BCUT2D eigenvalue weighted by molar-refractivity contribution is 0.0692. The van der Waals surface area contributed by atoms with E-state index in [-0.39, 0.29) is 5.56 Å². The number of benzene rings is 1. The van der Waals surface area contributed by atoms with Crippen molar-refractivity contribution in [3.05, 3.63) is 52.1 Å². The minimum atomic E-state index is -1.30. The summed E-state index contributed by atoms with van der Waals surface area (Å²) in [7, 11) is 0. The van der Waals surface area contributed by atoms with Gasteiger partial charge in [-0.1, -0.05) is 0 Å². The van der Waals surface area contributed by atoms with E-state index >= 15 is 0 Å². The quantitative estimate of drug-likeness (QED) is 0.907. The van der Waals surface area contributed by atoms with Crippen molar-refractivity contribution in [1.29, 1.82) is 0 Å². The monoisotopic (exact) mass is 313 g/mol. The summed E-state index contributed by atoms with van der Waals surface area (Å²) in [5, 5.41) is 11.7. The molecular formula is C12H9BrFNO3. The first kappa shape index (κ1) is 12.6. The van der Waals surface area contributed by atoms with E-state index in [2.05, 4.69) is 21.2 Å². The topological polar surface area (TPSA) is 62.5 Å². The summed E-state index contributed by atoms with van der Waals surface area (Å²) in [6.45, 7) is 0.373. The second-order valence-corrected chi connectivity index (χ2v) is 4.40. The molecule has 0 amide bonds. The summed E-state index contributed by atoms with van der Waals surface area (Å²) < 4.78 is 19.2. The highest BCUT2D eigenvalue weighted by Gasteiger charge is 2.11. The van der Waals surface area contributed by atoms with Gasteiger partial charge in [0.05, 0.1) is 22.8 Å². The molecule has 0 saturated carbocycles. The highest BCUT2D eigenvalue weighted by molar-refractivity contribution is 9.10. The van der Waals surface area contributed by atoms with E-state index < -0.39 is 11.8 Å². The Kier molecular flexibility index (Phi) is 3.66. The van der Waals surface area contributed by atoms with Gasteiger partial charge in [-0.2, -0.15) is 0 Å². The highest BCUT2D eigenvalue weighted by Crippen LogP contribution is 2.20. The van der Waals surface area contributed by atoms with Crippen molar-refractivity contribution in [2.24, 2.45) is 0 Å². The summed E-state index contributed by atoms with van der Waals surface area (Å²) in [5.74, 6) is -1.38. The van der Waals surface area contributed by atoms with Gasteiger partial charge in [-0.15, -0.1) is 0 Å². The first-order valence-corrected chi connectivity index (χ1v) is 5.86. The molecule has 0 spiro atoms. The lowest BCUT2D eigenvalue weighted by Gasteiger charge is -2.06. The van der Waals surface area contributed by atoms with Gasteiger partial charge in [0.1, 0.15) is 11.6 Å². The number of aromatic carboxylic acids is 1. The first-order valence-electron chi connectivity index (χ1n) is 5.06. The standard InChI is InChI=1S/C12H9BrFNO3/c13-9-3-4-18-11(9)6-15-7-1-2-10(14)8(5-7)12(16)17/h1-5,15H,6H2,(H,16,17). The molecular weight excluding hydrogens is 305 g/mol. The van der Waals surface area contributed by atoms with Crippen LogP contribution in [0.1, 0.15) is 16.1 Å². The number of rotatable bonds is 4. The van der Waals surface area contributed by atoms with E-state index in [9.17, 15) is 9.18 Å². The molecule has 2 aromatic rings. The van der Waals surface area contributed by atoms with E-state index in [1.807, 2.05) is 0 Å². The average molecular weight is 314 g/mol. The van der Waals surface area contributed by atoms with Gasteiger partial charge in [0.2, 0.25) is 0 Å². The zero-order valence-electron chi connectivity index (χ0n) is 9.11. The fourth-order valence-electron chi connectivity index (χ4n) is 1.43. The molecule has 0 aliphatic heterocycles. The molecule has 0 saturated heterocycles. The Balaban J connectivity index is 2.13. The number of nitrogens with one attached hydrogen (secondary N) is 1. The van der Waals surface area contributed by atoms with E-state index in [1.165, 1.54) is 18.4 Å². The van der Waals surface area contributed by atoms with Gasteiger partial charge >= 0.3 is 5.97 Å². The molecule has 94 valence electrons. The first-order chi connectivity index (χ1) is 8.58. The van der Waals surface area contributed by atoms with Gasteiger partial charge in [0, 0.05) is 5.69 Å². The number of carbonyl (C=O) groups is 1. The number of anilines is 1. The van der Waals surface area contributed by atoms with Crippen LogP contribution in [0.15, 0.2) is 39.4 Å². The Bertz CT molecular complexity index is 582. The third-order valence-electron chi connectivity index (χ3n) is 2.34. The summed E-state index contributed by atoms with van der Waals surface area (Å²) >= 11 is 3.30. The SMILES string of the molecule is O=C(O)c1cc(NCc2occc2Br)ccc1F. The Hall–Kier alpha value is -1.82. The van der Waals surface area contributed by atoms with Crippen LogP contribution >= 0.6 is 15.9 Å². The van der Waals surface area contributed by atoms with Crippen LogP contribution in [0.5, 0.6) is 0 Å². The summed E-state index contributed by atoms with van der Waals surface area (Å²) in [6, 6.07) is 5.58. The minimum Gasteiger partial charge on any atom is -0.478 e. The molecule has 0 atom stereocenters. The number of halogens is 2. The molecule has 2 rings (SSSR count). The average Bonchev–Trinajstić information content (AvgIpc) is 2.73. The lowest BCUT2D eigenvalue weighted by Crippen LogP contribution is -2.04. The van der Waals surface area contributed by atoms with Gasteiger partial charge in [-0.25, -0.2) is 9.18 Å². The Morgan fingerprint density at radius 3 is 2.83 bits per heavy atom. The number of carboxylic acids is 1. The van der Waals surface area contributed by atoms with Crippen LogP contribution < -0.4 is 5.32 Å². The maximum Gasteiger partial charge on any atom is 0.338 e. The van der Waals surface area contributed by atoms with Gasteiger partial charge < -0.3 is 14.8 Å². The third-order valence-corrected chi connectivity index (χ3v) is 3.05. The van der Waals surface area contributed by atoms with Gasteiger partial charge in [-0.3, -0.25) is 0 Å². The third kappa shape index (κ3) is 2.70. The van der Waals surface area contributed by atoms with E-state index in [1.54, 1.807) is 6.07 Å². The normalized spacial score (nSPS) is 10.3. The summed E-state index contributed by atoms with van der Waals surface area (Å²) in [6.07, 6.45) is 1.54. The van der Waals surface area contributed by atoms with Crippen LogP contribution in [0.25, 0.3) is 0 Å². The zero-order chi connectivity index (χ0) is 13.1. The van der Waals surface area contributed by atoms with Crippen molar-refractivity contribution >= 4 is 27.6 Å². The van der Waals surface area contributed by atoms with E-state index in [4.69, 9.17) is 9.52 Å². The molecule has 2 N–H and O–H groups in total. The van der Waals surface area contributed by atoms with Crippen molar-refractivity contribution in [2.75, 3.05) is 5.32 Å². The fraction of sp³-hybridized carbons (Fsp3) is 0.0833. The Labute approximate surface area is 111 Å². The van der Waals surface area contributed by atoms with Crippen LogP contribution in [-0.2, 0) is 6.54 Å². The van der Waals surface area contributed by atoms with Crippen molar-refractivity contribution in [1.82, 2.24) is 0 Å². The molecule has 0 aliphatic carbocycles. The molecule has 0 radical (unpaired) electrons. The maximum atomic E-state index is 13.2. The lowest BCUT2D eigenvalue weighted by atomic mass is 10.2. The summed E-state index contributed by atoms with van der Waals surface area (Å²) in [5.41, 5.74) is 0.149. The number of carboxylic acid groups (broad SMARTS) is 1. The Morgan fingerprint density at radius 2 is 2.22 bits per heavy atom. The molecule has 0 aliphatic rings. The van der Waals surface area contributed by atoms with Crippen LogP contribution in [0.3, 0.4) is 0 Å². The van der Waals surface area contributed by atoms with Crippen LogP contribution in [-0.4, -0.2) is 11.1 Å².